The van der Waals surface area contributed by atoms with Gasteiger partial charge in [-0.2, -0.15) is 0 Å². The summed E-state index contributed by atoms with van der Waals surface area (Å²) in [5.74, 6) is 2.10. The molecule has 2 heterocycles. The fraction of sp³-hybridized carbons (Fsp3) is 0.312. The Labute approximate surface area is 123 Å². The summed E-state index contributed by atoms with van der Waals surface area (Å²) in [6, 6.07) is 3.74. The minimum Gasteiger partial charge on any atom is -0.325 e. The summed E-state index contributed by atoms with van der Waals surface area (Å²) in [7, 11) is 0. The van der Waals surface area contributed by atoms with Crippen molar-refractivity contribution in [1.82, 2.24) is 14.5 Å². The number of allylic oxidation sites excluding steroid dienone is 2. The van der Waals surface area contributed by atoms with Crippen LogP contribution in [-0.4, -0.2) is 20.4 Å². The van der Waals surface area contributed by atoms with Gasteiger partial charge in [0.15, 0.2) is 0 Å². The number of hydrogen-bond acceptors (Lipinski definition) is 3. The first kappa shape index (κ1) is 13.5. The van der Waals surface area contributed by atoms with Crippen LogP contribution in [0.2, 0.25) is 0 Å². The maximum atomic E-state index is 11.9. The van der Waals surface area contributed by atoms with Gasteiger partial charge in [-0.05, 0) is 37.8 Å². The van der Waals surface area contributed by atoms with E-state index < -0.39 is 0 Å². The van der Waals surface area contributed by atoms with Crippen LogP contribution in [0.15, 0.2) is 42.9 Å². The van der Waals surface area contributed by atoms with Crippen LogP contribution in [0, 0.1) is 12.8 Å². The van der Waals surface area contributed by atoms with Gasteiger partial charge in [-0.25, -0.2) is 9.97 Å². The monoisotopic (exact) mass is 282 g/mol. The van der Waals surface area contributed by atoms with Crippen LogP contribution in [0.3, 0.4) is 0 Å². The Morgan fingerprint density at radius 1 is 1.43 bits per heavy atom. The average molecular weight is 282 g/mol. The second-order valence-corrected chi connectivity index (χ2v) is 5.27. The molecular weight excluding hydrogens is 264 g/mol. The highest BCUT2D eigenvalue weighted by Gasteiger charge is 2.14. The summed E-state index contributed by atoms with van der Waals surface area (Å²) < 4.78 is 1.90. The van der Waals surface area contributed by atoms with Gasteiger partial charge in [0.1, 0.15) is 11.6 Å². The Kier molecular flexibility index (Phi) is 3.81. The highest BCUT2D eigenvalue weighted by atomic mass is 16.1. The third kappa shape index (κ3) is 3.18. The number of nitrogens with one attached hydrogen (secondary N) is 1. The number of imidazole rings is 1. The molecule has 0 unspecified atom stereocenters. The van der Waals surface area contributed by atoms with E-state index in [1.807, 2.05) is 29.8 Å². The number of carbonyl (C=O) groups is 1. The third-order valence-corrected chi connectivity index (χ3v) is 3.66. The molecule has 1 aliphatic rings. The van der Waals surface area contributed by atoms with Gasteiger partial charge in [-0.15, -0.1) is 0 Å². The number of amides is 1. The summed E-state index contributed by atoms with van der Waals surface area (Å²) >= 11 is 0. The van der Waals surface area contributed by atoms with Crippen molar-refractivity contribution in [2.24, 2.45) is 5.92 Å². The van der Waals surface area contributed by atoms with Crippen LogP contribution in [0.4, 0.5) is 5.69 Å². The molecule has 0 saturated carbocycles. The predicted molar refractivity (Wildman–Crippen MR) is 81.2 cm³/mol. The van der Waals surface area contributed by atoms with Gasteiger partial charge >= 0.3 is 0 Å². The number of hydrogen-bond donors (Lipinski definition) is 1. The number of nitrogens with zero attached hydrogens (tertiary/aromatic N) is 3. The Balaban J connectivity index is 1.63. The molecule has 2 aromatic heterocycles. The van der Waals surface area contributed by atoms with E-state index in [4.69, 9.17) is 0 Å². The lowest BCUT2D eigenvalue weighted by Gasteiger charge is -2.09. The SMILES string of the molecule is Cc1nccn1-c1ccc(NC(=O)C[C@H]2C=CCC2)cn1. The molecule has 1 aliphatic carbocycles. The zero-order chi connectivity index (χ0) is 14.7. The van der Waals surface area contributed by atoms with Crippen molar-refractivity contribution in [2.75, 3.05) is 5.32 Å². The van der Waals surface area contributed by atoms with Crippen LogP contribution in [0.5, 0.6) is 0 Å². The Bertz CT molecular complexity index is 657. The second-order valence-electron chi connectivity index (χ2n) is 5.27. The molecule has 108 valence electrons. The van der Waals surface area contributed by atoms with Gasteiger partial charge in [0.25, 0.3) is 0 Å². The van der Waals surface area contributed by atoms with E-state index in [1.165, 1.54) is 0 Å². The van der Waals surface area contributed by atoms with E-state index in [0.29, 0.717) is 12.3 Å². The molecule has 0 radical (unpaired) electrons. The molecule has 0 aliphatic heterocycles. The predicted octanol–water partition coefficient (Wildman–Crippen LogP) is 2.87. The van der Waals surface area contributed by atoms with Gasteiger partial charge in [0.05, 0.1) is 11.9 Å². The van der Waals surface area contributed by atoms with E-state index in [0.717, 1.165) is 30.2 Å². The summed E-state index contributed by atoms with van der Waals surface area (Å²) in [4.78, 5) is 20.5. The first-order chi connectivity index (χ1) is 10.2. The molecule has 1 atom stereocenters. The second kappa shape index (κ2) is 5.91. The van der Waals surface area contributed by atoms with Gasteiger partial charge in [-0.3, -0.25) is 9.36 Å². The van der Waals surface area contributed by atoms with Gasteiger partial charge in [-0.1, -0.05) is 12.2 Å². The number of aryl methyl sites for hydroxylation is 1. The smallest absolute Gasteiger partial charge is 0.225 e. The summed E-state index contributed by atoms with van der Waals surface area (Å²) in [5.41, 5.74) is 0.725. The number of pyridine rings is 1. The highest BCUT2D eigenvalue weighted by Crippen LogP contribution is 2.21. The fourth-order valence-electron chi connectivity index (χ4n) is 2.54. The summed E-state index contributed by atoms with van der Waals surface area (Å²) in [6.07, 6.45) is 12.2. The molecular formula is C16H18N4O. The molecule has 5 nitrogen and oxygen atoms in total. The molecule has 0 fully saturated rings. The van der Waals surface area contributed by atoms with E-state index >= 15 is 0 Å². The zero-order valence-corrected chi connectivity index (χ0v) is 12.0. The molecule has 0 aromatic carbocycles. The maximum absolute atomic E-state index is 11.9. The lowest BCUT2D eigenvalue weighted by atomic mass is 10.1. The van der Waals surface area contributed by atoms with E-state index in [-0.39, 0.29) is 5.91 Å². The Morgan fingerprint density at radius 2 is 2.33 bits per heavy atom. The molecule has 3 rings (SSSR count). The fourth-order valence-corrected chi connectivity index (χ4v) is 2.54. The molecule has 0 spiro atoms. The lowest BCUT2D eigenvalue weighted by molar-refractivity contribution is -0.116. The van der Waals surface area contributed by atoms with Gasteiger partial charge < -0.3 is 5.32 Å². The highest BCUT2D eigenvalue weighted by molar-refractivity contribution is 5.90. The number of aromatic nitrogens is 3. The first-order valence-electron chi connectivity index (χ1n) is 7.15. The first-order valence-corrected chi connectivity index (χ1v) is 7.15. The van der Waals surface area contributed by atoms with Crippen LogP contribution in [-0.2, 0) is 4.79 Å². The Hall–Kier alpha value is -2.43. The molecule has 0 bridgehead atoms. The Morgan fingerprint density at radius 3 is 2.95 bits per heavy atom. The molecule has 21 heavy (non-hydrogen) atoms. The minimum absolute atomic E-state index is 0.0416. The van der Waals surface area contributed by atoms with Crippen molar-refractivity contribution in [3.8, 4) is 5.82 Å². The van der Waals surface area contributed by atoms with Crippen LogP contribution in [0.1, 0.15) is 25.1 Å². The van der Waals surface area contributed by atoms with E-state index in [1.54, 1.807) is 12.4 Å². The minimum atomic E-state index is 0.0416. The average Bonchev–Trinajstić information content (AvgIpc) is 3.11. The number of anilines is 1. The molecule has 1 amide bonds. The topological polar surface area (TPSA) is 59.8 Å². The number of rotatable bonds is 4. The van der Waals surface area contributed by atoms with Crippen molar-refractivity contribution < 1.29 is 4.79 Å². The van der Waals surface area contributed by atoms with Crippen molar-refractivity contribution in [2.45, 2.75) is 26.2 Å². The zero-order valence-electron chi connectivity index (χ0n) is 12.0. The van der Waals surface area contributed by atoms with E-state index in [9.17, 15) is 4.79 Å². The standard InChI is InChI=1S/C16H18N4O/c1-12-17-8-9-20(12)15-7-6-14(11-18-15)19-16(21)10-13-4-2-3-5-13/h2,4,6-9,11,13H,3,5,10H2,1H3,(H,19,21)/t13-/m0/s1. The van der Waals surface area contributed by atoms with Crippen molar-refractivity contribution in [3.63, 3.8) is 0 Å². The molecule has 5 heteroatoms. The quantitative estimate of drug-likeness (QED) is 0.877. The largest absolute Gasteiger partial charge is 0.325 e. The van der Waals surface area contributed by atoms with Crippen LogP contribution in [0.25, 0.3) is 5.82 Å². The lowest BCUT2D eigenvalue weighted by Crippen LogP contribution is -2.15. The molecule has 1 N–H and O–H groups in total. The van der Waals surface area contributed by atoms with Crippen LogP contribution >= 0.6 is 0 Å². The maximum Gasteiger partial charge on any atom is 0.225 e. The summed E-state index contributed by atoms with van der Waals surface area (Å²) in [5, 5.41) is 2.90. The summed E-state index contributed by atoms with van der Waals surface area (Å²) in [6.45, 7) is 1.92. The number of carbonyl (C=O) groups excluding carboxylic acids is 1. The van der Waals surface area contributed by atoms with Crippen LogP contribution < -0.4 is 5.32 Å². The van der Waals surface area contributed by atoms with Crippen molar-refractivity contribution in [3.05, 3.63) is 48.7 Å². The molecule has 0 saturated heterocycles. The van der Waals surface area contributed by atoms with E-state index in [2.05, 4.69) is 27.4 Å². The normalized spacial score (nSPS) is 17.1. The van der Waals surface area contributed by atoms with Crippen molar-refractivity contribution in [1.29, 1.82) is 0 Å². The van der Waals surface area contributed by atoms with Crippen molar-refractivity contribution >= 4 is 11.6 Å². The van der Waals surface area contributed by atoms with Gasteiger partial charge in [0, 0.05) is 18.8 Å². The van der Waals surface area contributed by atoms with Gasteiger partial charge in [0.2, 0.25) is 5.91 Å². The third-order valence-electron chi connectivity index (χ3n) is 3.66. The molecule has 2 aromatic rings.